The number of benzene rings is 2. The van der Waals surface area contributed by atoms with Crippen molar-refractivity contribution in [2.45, 2.75) is 25.8 Å². The van der Waals surface area contributed by atoms with Gasteiger partial charge in [0.05, 0.1) is 11.0 Å². The van der Waals surface area contributed by atoms with E-state index in [4.69, 9.17) is 0 Å². The molecule has 0 saturated carbocycles. The first kappa shape index (κ1) is 16.7. The van der Waals surface area contributed by atoms with Crippen molar-refractivity contribution < 1.29 is 4.79 Å². The van der Waals surface area contributed by atoms with E-state index in [0.717, 1.165) is 39.7 Å². The van der Waals surface area contributed by atoms with E-state index in [1.165, 1.54) is 0 Å². The molecule has 0 atom stereocenters. The summed E-state index contributed by atoms with van der Waals surface area (Å²) in [7, 11) is 1.85. The number of aryl methyl sites for hydroxylation is 1. The van der Waals surface area contributed by atoms with Crippen molar-refractivity contribution in [2.24, 2.45) is 0 Å². The molecule has 4 nitrogen and oxygen atoms in total. The topological polar surface area (TPSA) is 49.0 Å². The first-order valence-corrected chi connectivity index (χ1v) is 8.83. The van der Waals surface area contributed by atoms with E-state index in [9.17, 15) is 4.79 Å². The highest BCUT2D eigenvalue weighted by atomic mass is 79.9. The van der Waals surface area contributed by atoms with Crippen molar-refractivity contribution in [3.05, 3.63) is 64.4 Å². The van der Waals surface area contributed by atoms with Crippen LogP contribution in [0.5, 0.6) is 0 Å². The number of carbonyl (C=O) groups excluding carboxylic acids is 1. The van der Waals surface area contributed by atoms with Crippen LogP contribution in [-0.2, 0) is 17.8 Å². The molecule has 1 N–H and O–H groups in total. The summed E-state index contributed by atoms with van der Waals surface area (Å²) in [6.07, 6.45) is 2.11. The fourth-order valence-corrected chi connectivity index (χ4v) is 2.94. The van der Waals surface area contributed by atoms with Gasteiger partial charge in [-0.1, -0.05) is 40.2 Å². The van der Waals surface area contributed by atoms with Crippen LogP contribution in [0.1, 0.15) is 24.2 Å². The number of para-hydroxylation sites is 2. The molecule has 0 spiro atoms. The zero-order valence-electron chi connectivity index (χ0n) is 13.6. The predicted molar refractivity (Wildman–Crippen MR) is 99.6 cm³/mol. The average molecular weight is 386 g/mol. The van der Waals surface area contributed by atoms with Crippen molar-refractivity contribution >= 4 is 32.9 Å². The van der Waals surface area contributed by atoms with Crippen LogP contribution in [0.4, 0.5) is 0 Å². The lowest BCUT2D eigenvalue weighted by atomic mass is 10.2. The minimum Gasteiger partial charge on any atom is -0.342 e. The van der Waals surface area contributed by atoms with Crippen LogP contribution >= 0.6 is 15.9 Å². The minimum absolute atomic E-state index is 0.161. The second kappa shape index (κ2) is 7.62. The molecule has 0 aliphatic rings. The SMILES string of the molecule is CN(Cc1ccc(Br)cc1)C(=O)CCCc1nc2ccccc2[nH]1. The number of halogens is 1. The molecule has 0 radical (unpaired) electrons. The van der Waals surface area contributed by atoms with Gasteiger partial charge < -0.3 is 9.88 Å². The Labute approximate surface area is 150 Å². The van der Waals surface area contributed by atoms with Crippen molar-refractivity contribution in [3.8, 4) is 0 Å². The summed E-state index contributed by atoms with van der Waals surface area (Å²) >= 11 is 3.42. The Bertz CT molecular complexity index is 793. The number of rotatable bonds is 6. The molecule has 0 unspecified atom stereocenters. The lowest BCUT2D eigenvalue weighted by molar-refractivity contribution is -0.130. The number of imidazole rings is 1. The number of hydrogen-bond acceptors (Lipinski definition) is 2. The van der Waals surface area contributed by atoms with Gasteiger partial charge in [-0.2, -0.15) is 0 Å². The third-order valence-electron chi connectivity index (χ3n) is 4.00. The number of nitrogens with zero attached hydrogens (tertiary/aromatic N) is 2. The van der Waals surface area contributed by atoms with Gasteiger partial charge >= 0.3 is 0 Å². The van der Waals surface area contributed by atoms with Gasteiger partial charge in [0.1, 0.15) is 5.82 Å². The molecular formula is C19H20BrN3O. The summed E-state index contributed by atoms with van der Waals surface area (Å²) in [5, 5.41) is 0. The normalized spacial score (nSPS) is 10.9. The Morgan fingerprint density at radius 1 is 1.17 bits per heavy atom. The number of amides is 1. The van der Waals surface area contributed by atoms with E-state index in [2.05, 4.69) is 25.9 Å². The molecule has 5 heteroatoms. The lowest BCUT2D eigenvalue weighted by Gasteiger charge is -2.17. The molecular weight excluding hydrogens is 366 g/mol. The van der Waals surface area contributed by atoms with Crippen molar-refractivity contribution in [2.75, 3.05) is 7.05 Å². The van der Waals surface area contributed by atoms with Crippen molar-refractivity contribution in [3.63, 3.8) is 0 Å². The van der Waals surface area contributed by atoms with Gasteiger partial charge in [-0.3, -0.25) is 4.79 Å². The van der Waals surface area contributed by atoms with E-state index >= 15 is 0 Å². The Kier molecular flexibility index (Phi) is 5.30. The van der Waals surface area contributed by atoms with Crippen LogP contribution in [0.25, 0.3) is 11.0 Å². The molecule has 1 aromatic heterocycles. The Morgan fingerprint density at radius 2 is 1.92 bits per heavy atom. The van der Waals surface area contributed by atoms with Crippen molar-refractivity contribution in [1.29, 1.82) is 0 Å². The number of fused-ring (bicyclic) bond motifs is 1. The maximum absolute atomic E-state index is 12.3. The summed E-state index contributed by atoms with van der Waals surface area (Å²) in [6.45, 7) is 0.636. The first-order chi connectivity index (χ1) is 11.6. The summed E-state index contributed by atoms with van der Waals surface area (Å²) < 4.78 is 1.05. The summed E-state index contributed by atoms with van der Waals surface area (Å²) in [4.78, 5) is 21.9. The molecule has 0 fully saturated rings. The molecule has 2 aromatic carbocycles. The quantitative estimate of drug-likeness (QED) is 0.687. The number of aromatic amines is 1. The predicted octanol–water partition coefficient (Wildman–Crippen LogP) is 4.31. The van der Waals surface area contributed by atoms with Crippen molar-refractivity contribution in [1.82, 2.24) is 14.9 Å². The van der Waals surface area contributed by atoms with E-state index in [1.54, 1.807) is 4.90 Å². The fourth-order valence-electron chi connectivity index (χ4n) is 2.67. The van der Waals surface area contributed by atoms with Crippen LogP contribution in [0.3, 0.4) is 0 Å². The third-order valence-corrected chi connectivity index (χ3v) is 4.53. The maximum atomic E-state index is 12.3. The van der Waals surface area contributed by atoms with E-state index in [1.807, 2.05) is 55.6 Å². The summed E-state index contributed by atoms with van der Waals surface area (Å²) in [6, 6.07) is 16.0. The molecule has 0 saturated heterocycles. The van der Waals surface area contributed by atoms with Gasteiger partial charge in [0.15, 0.2) is 0 Å². The fraction of sp³-hybridized carbons (Fsp3) is 0.263. The van der Waals surface area contributed by atoms with Gasteiger partial charge in [0.2, 0.25) is 5.91 Å². The second-order valence-corrected chi connectivity index (χ2v) is 6.85. The largest absolute Gasteiger partial charge is 0.342 e. The summed E-state index contributed by atoms with van der Waals surface area (Å²) in [5.41, 5.74) is 3.16. The highest BCUT2D eigenvalue weighted by molar-refractivity contribution is 9.10. The number of carbonyl (C=O) groups is 1. The zero-order chi connectivity index (χ0) is 16.9. The lowest BCUT2D eigenvalue weighted by Crippen LogP contribution is -2.26. The van der Waals surface area contributed by atoms with Gasteiger partial charge in [-0.25, -0.2) is 4.98 Å². The highest BCUT2D eigenvalue weighted by Gasteiger charge is 2.10. The Balaban J connectivity index is 1.48. The number of H-pyrrole nitrogens is 1. The monoisotopic (exact) mass is 385 g/mol. The standard InChI is InChI=1S/C19H20BrN3O/c1-23(13-14-9-11-15(20)12-10-14)19(24)8-4-7-18-21-16-5-2-3-6-17(16)22-18/h2-3,5-6,9-12H,4,7-8,13H2,1H3,(H,21,22). The molecule has 24 heavy (non-hydrogen) atoms. The van der Waals surface area contributed by atoms with Gasteiger partial charge in [0, 0.05) is 30.9 Å². The van der Waals surface area contributed by atoms with E-state index < -0.39 is 0 Å². The number of aromatic nitrogens is 2. The average Bonchev–Trinajstić information content (AvgIpc) is 2.99. The molecule has 0 bridgehead atoms. The minimum atomic E-state index is 0.161. The molecule has 0 aliphatic carbocycles. The molecule has 1 amide bonds. The molecule has 3 aromatic rings. The number of nitrogens with one attached hydrogen (secondary N) is 1. The third kappa shape index (κ3) is 4.23. The van der Waals surface area contributed by atoms with Gasteiger partial charge in [-0.15, -0.1) is 0 Å². The molecule has 124 valence electrons. The second-order valence-electron chi connectivity index (χ2n) is 5.93. The highest BCUT2D eigenvalue weighted by Crippen LogP contribution is 2.14. The summed E-state index contributed by atoms with van der Waals surface area (Å²) in [5.74, 6) is 1.11. The first-order valence-electron chi connectivity index (χ1n) is 8.04. The smallest absolute Gasteiger partial charge is 0.222 e. The zero-order valence-corrected chi connectivity index (χ0v) is 15.2. The maximum Gasteiger partial charge on any atom is 0.222 e. The van der Waals surface area contributed by atoms with Crippen LogP contribution in [-0.4, -0.2) is 27.8 Å². The van der Waals surface area contributed by atoms with Crippen LogP contribution in [0, 0.1) is 0 Å². The van der Waals surface area contributed by atoms with Gasteiger partial charge in [-0.05, 0) is 36.2 Å². The van der Waals surface area contributed by atoms with E-state index in [0.29, 0.717) is 13.0 Å². The molecule has 3 rings (SSSR count). The van der Waals surface area contributed by atoms with Crippen LogP contribution in [0.2, 0.25) is 0 Å². The molecule has 0 aliphatic heterocycles. The van der Waals surface area contributed by atoms with Crippen LogP contribution in [0.15, 0.2) is 53.0 Å². The van der Waals surface area contributed by atoms with Crippen LogP contribution < -0.4 is 0 Å². The Hall–Kier alpha value is -2.14. The number of hydrogen-bond donors (Lipinski definition) is 1. The van der Waals surface area contributed by atoms with E-state index in [-0.39, 0.29) is 5.91 Å². The Morgan fingerprint density at radius 3 is 2.67 bits per heavy atom. The molecule has 1 heterocycles. The van der Waals surface area contributed by atoms with Gasteiger partial charge in [0.25, 0.3) is 0 Å².